The number of alkyl carbamates (subject to hydrolysis) is 1. The van der Waals surface area contributed by atoms with Gasteiger partial charge in [-0.05, 0) is 40.5 Å². The fourth-order valence-corrected chi connectivity index (χ4v) is 1.70. The van der Waals surface area contributed by atoms with Crippen LogP contribution in [0.15, 0.2) is 12.2 Å². The smallest absolute Gasteiger partial charge is 0.408 e. The van der Waals surface area contributed by atoms with E-state index in [0.717, 1.165) is 6.42 Å². The molecule has 0 saturated carbocycles. The number of hydrogen-bond donors (Lipinski definition) is 3. The molecule has 0 rings (SSSR count). The zero-order valence-corrected chi connectivity index (χ0v) is 16.3. The van der Waals surface area contributed by atoms with E-state index in [1.165, 1.54) is 0 Å². The van der Waals surface area contributed by atoms with Gasteiger partial charge in [0.15, 0.2) is 0 Å². The largest absolute Gasteiger partial charge is 0.444 e. The summed E-state index contributed by atoms with van der Waals surface area (Å²) in [6.07, 6.45) is 4.74. The highest BCUT2D eigenvalue weighted by atomic mass is 16.6. The van der Waals surface area contributed by atoms with Gasteiger partial charge < -0.3 is 20.7 Å². The van der Waals surface area contributed by atoms with Gasteiger partial charge in [-0.1, -0.05) is 26.0 Å². The van der Waals surface area contributed by atoms with Crippen LogP contribution < -0.4 is 16.0 Å². The van der Waals surface area contributed by atoms with Crippen LogP contribution >= 0.6 is 0 Å². The lowest BCUT2D eigenvalue weighted by Crippen LogP contribution is -2.46. The van der Waals surface area contributed by atoms with Gasteiger partial charge in [-0.25, -0.2) is 4.79 Å². The fraction of sp³-hybridized carbons (Fsp3) is 0.722. The van der Waals surface area contributed by atoms with Crippen LogP contribution in [0.3, 0.4) is 0 Å². The monoisotopic (exact) mass is 355 g/mol. The summed E-state index contributed by atoms with van der Waals surface area (Å²) < 4.78 is 5.10. The minimum absolute atomic E-state index is 0.00419. The van der Waals surface area contributed by atoms with Crippen LogP contribution in [-0.2, 0) is 14.3 Å². The van der Waals surface area contributed by atoms with Crippen LogP contribution in [0.25, 0.3) is 0 Å². The molecule has 1 atom stereocenters. The molecule has 0 aliphatic carbocycles. The van der Waals surface area contributed by atoms with Crippen molar-refractivity contribution in [1.29, 1.82) is 0 Å². The maximum atomic E-state index is 11.9. The summed E-state index contributed by atoms with van der Waals surface area (Å²) in [5.41, 5.74) is -0.598. The fourth-order valence-electron chi connectivity index (χ4n) is 1.70. The number of nitrogens with one attached hydrogen (secondary N) is 3. The van der Waals surface area contributed by atoms with Gasteiger partial charge in [0.1, 0.15) is 11.6 Å². The Morgan fingerprint density at radius 3 is 1.84 bits per heavy atom. The van der Waals surface area contributed by atoms with Gasteiger partial charge in [0.05, 0.1) is 0 Å². The van der Waals surface area contributed by atoms with Gasteiger partial charge in [-0.15, -0.1) is 0 Å². The first kappa shape index (κ1) is 22.9. The van der Waals surface area contributed by atoms with E-state index in [9.17, 15) is 14.4 Å². The lowest BCUT2D eigenvalue weighted by Gasteiger charge is -2.21. The van der Waals surface area contributed by atoms with Crippen LogP contribution in [0.1, 0.15) is 54.4 Å². The zero-order valence-electron chi connectivity index (χ0n) is 16.3. The molecular formula is C18H33N3O4. The lowest BCUT2D eigenvalue weighted by atomic mass is 10.2. The molecule has 0 spiro atoms. The van der Waals surface area contributed by atoms with E-state index in [1.807, 2.05) is 26.0 Å². The van der Waals surface area contributed by atoms with Crippen molar-refractivity contribution < 1.29 is 19.1 Å². The van der Waals surface area contributed by atoms with E-state index in [4.69, 9.17) is 4.74 Å². The maximum absolute atomic E-state index is 11.9. The summed E-state index contributed by atoms with van der Waals surface area (Å²) in [6.45, 7) is 11.7. The Bertz CT molecular complexity index is 467. The second-order valence-corrected chi connectivity index (χ2v) is 7.15. The van der Waals surface area contributed by atoms with Crippen molar-refractivity contribution >= 4 is 17.9 Å². The number of carbonyl (C=O) groups excluding carboxylic acids is 3. The summed E-state index contributed by atoms with van der Waals surface area (Å²) in [7, 11) is 0. The van der Waals surface area contributed by atoms with Crippen molar-refractivity contribution in [2.24, 2.45) is 5.92 Å². The molecule has 0 heterocycles. The summed E-state index contributed by atoms with van der Waals surface area (Å²) in [5, 5.41) is 8.07. The van der Waals surface area contributed by atoms with Crippen LogP contribution in [0.4, 0.5) is 4.79 Å². The average molecular weight is 355 g/mol. The molecule has 7 heteroatoms. The third-order valence-electron chi connectivity index (χ3n) is 3.04. The molecule has 7 nitrogen and oxygen atoms in total. The molecule has 0 aliphatic heterocycles. The second kappa shape index (κ2) is 11.5. The minimum atomic E-state index is -0.662. The maximum Gasteiger partial charge on any atom is 0.408 e. The van der Waals surface area contributed by atoms with Gasteiger partial charge in [-0.2, -0.15) is 0 Å². The van der Waals surface area contributed by atoms with Crippen LogP contribution in [0.2, 0.25) is 0 Å². The number of amides is 3. The molecule has 0 radical (unpaired) electrons. The topological polar surface area (TPSA) is 96.5 Å². The molecule has 3 N–H and O–H groups in total. The number of ether oxygens (including phenoxy) is 1. The third kappa shape index (κ3) is 13.0. The molecule has 144 valence electrons. The molecule has 0 aromatic carbocycles. The van der Waals surface area contributed by atoms with Crippen molar-refractivity contribution in [2.45, 2.75) is 66.0 Å². The summed E-state index contributed by atoms with van der Waals surface area (Å²) >= 11 is 0. The predicted molar refractivity (Wildman–Crippen MR) is 98.1 cm³/mol. The molecule has 0 aromatic heterocycles. The molecule has 0 aromatic rings. The highest BCUT2D eigenvalue weighted by Crippen LogP contribution is 2.06. The first-order valence-corrected chi connectivity index (χ1v) is 8.73. The SMILES string of the molecule is CC(C)C(=O)NCCC=CCCNC(=O)[C@H](C)NC(=O)OC(C)(C)C. The summed E-state index contributed by atoms with van der Waals surface area (Å²) in [4.78, 5) is 34.8. The molecule has 3 amide bonds. The Morgan fingerprint density at radius 2 is 1.40 bits per heavy atom. The molecule has 0 saturated heterocycles. The predicted octanol–water partition coefficient (Wildman–Crippen LogP) is 2.12. The van der Waals surface area contributed by atoms with E-state index >= 15 is 0 Å². The van der Waals surface area contributed by atoms with Crippen LogP contribution in [0, 0.1) is 5.92 Å². The van der Waals surface area contributed by atoms with E-state index in [2.05, 4.69) is 16.0 Å². The van der Waals surface area contributed by atoms with Gasteiger partial charge in [0.2, 0.25) is 11.8 Å². The number of rotatable bonds is 9. The van der Waals surface area contributed by atoms with Gasteiger partial charge >= 0.3 is 6.09 Å². The molecule has 0 fully saturated rings. The Balaban J connectivity index is 3.83. The van der Waals surface area contributed by atoms with Crippen molar-refractivity contribution in [3.05, 3.63) is 12.2 Å². The van der Waals surface area contributed by atoms with Gasteiger partial charge in [0.25, 0.3) is 0 Å². The second-order valence-electron chi connectivity index (χ2n) is 7.15. The quantitative estimate of drug-likeness (QED) is 0.436. The van der Waals surface area contributed by atoms with Crippen molar-refractivity contribution in [1.82, 2.24) is 16.0 Å². The molecule has 0 aliphatic rings. The van der Waals surface area contributed by atoms with Gasteiger partial charge in [-0.3, -0.25) is 9.59 Å². The Labute approximate surface area is 151 Å². The average Bonchev–Trinajstić information content (AvgIpc) is 2.46. The van der Waals surface area contributed by atoms with Crippen LogP contribution in [-0.4, -0.2) is 42.6 Å². The van der Waals surface area contributed by atoms with E-state index in [0.29, 0.717) is 19.5 Å². The van der Waals surface area contributed by atoms with Crippen molar-refractivity contribution in [3.63, 3.8) is 0 Å². The third-order valence-corrected chi connectivity index (χ3v) is 3.04. The highest BCUT2D eigenvalue weighted by Gasteiger charge is 2.20. The van der Waals surface area contributed by atoms with Crippen molar-refractivity contribution in [3.8, 4) is 0 Å². The first-order valence-electron chi connectivity index (χ1n) is 8.73. The normalized spacial score (nSPS) is 12.8. The van der Waals surface area contributed by atoms with Crippen molar-refractivity contribution in [2.75, 3.05) is 13.1 Å². The molecule has 25 heavy (non-hydrogen) atoms. The van der Waals surface area contributed by atoms with E-state index < -0.39 is 17.7 Å². The molecule has 0 bridgehead atoms. The highest BCUT2D eigenvalue weighted by molar-refractivity contribution is 5.85. The Morgan fingerprint density at radius 1 is 0.920 bits per heavy atom. The lowest BCUT2D eigenvalue weighted by molar-refractivity contribution is -0.124. The Kier molecular flexibility index (Phi) is 10.6. The van der Waals surface area contributed by atoms with E-state index in [1.54, 1.807) is 27.7 Å². The minimum Gasteiger partial charge on any atom is -0.444 e. The molecule has 0 unspecified atom stereocenters. The first-order chi connectivity index (χ1) is 11.5. The zero-order chi connectivity index (χ0) is 19.5. The number of carbonyl (C=O) groups is 3. The van der Waals surface area contributed by atoms with Crippen LogP contribution in [0.5, 0.6) is 0 Å². The summed E-state index contributed by atoms with van der Waals surface area (Å²) in [5.74, 6) is -0.217. The van der Waals surface area contributed by atoms with E-state index in [-0.39, 0.29) is 17.7 Å². The summed E-state index contributed by atoms with van der Waals surface area (Å²) in [6, 6.07) is -0.662. The Hall–Kier alpha value is -2.05. The molecular weight excluding hydrogens is 322 g/mol. The standard InChI is InChI=1S/C18H33N3O4/c1-13(2)15(22)19-11-9-7-8-10-12-20-16(23)14(3)21-17(24)25-18(4,5)6/h7-8,13-14H,9-12H2,1-6H3,(H,19,22)(H,20,23)(H,21,24)/t14-/m0/s1. The van der Waals surface area contributed by atoms with Gasteiger partial charge in [0, 0.05) is 19.0 Å². The number of hydrogen-bond acceptors (Lipinski definition) is 4.